The fraction of sp³-hybridized carbons (Fsp3) is 0.0149. The van der Waals surface area contributed by atoms with Gasteiger partial charge in [0.25, 0.3) is 0 Å². The van der Waals surface area contributed by atoms with Crippen LogP contribution in [0.25, 0.3) is 115 Å². The Hall–Kier alpha value is -11.3. The zero-order valence-electron chi connectivity index (χ0n) is 40.1. The zero-order chi connectivity index (χ0) is 51.3. The maximum absolute atomic E-state index is 11.1. The lowest BCUT2D eigenvalue weighted by molar-refractivity contribution is 1.13. The molecule has 0 spiro atoms. The van der Waals surface area contributed by atoms with E-state index in [-0.39, 0.29) is 0 Å². The summed E-state index contributed by atoms with van der Waals surface area (Å²) in [5.74, 6) is 0. The molecule has 2 aromatic heterocycles. The number of nitrogens with zero attached hydrogens (tertiary/aromatic N) is 8. The summed E-state index contributed by atoms with van der Waals surface area (Å²) in [5.41, 5.74) is 17.7. The Bertz CT molecular complexity index is 4210. The minimum Gasteiger partial charge on any atom is -0.308 e. The van der Waals surface area contributed by atoms with Crippen molar-refractivity contribution in [3.05, 3.63) is 245 Å². The average Bonchev–Trinajstić information content (AvgIpc) is 3.98. The van der Waals surface area contributed by atoms with Crippen molar-refractivity contribution < 1.29 is 0 Å². The Morgan fingerprint density at radius 1 is 0.333 bits per heavy atom. The molecular formula is C67H36N8. The van der Waals surface area contributed by atoms with Gasteiger partial charge in [-0.05, 0) is 178 Å². The molecule has 0 amide bonds. The molecule has 0 saturated carbocycles. The van der Waals surface area contributed by atoms with Crippen molar-refractivity contribution in [3.63, 3.8) is 0 Å². The Balaban J connectivity index is 1.21. The van der Waals surface area contributed by atoms with Gasteiger partial charge in [0.2, 0.25) is 0 Å². The number of hydrogen-bond donors (Lipinski definition) is 0. The number of benzene rings is 10. The van der Waals surface area contributed by atoms with E-state index < -0.39 is 0 Å². The van der Waals surface area contributed by atoms with Gasteiger partial charge in [-0.3, -0.25) is 0 Å². The molecule has 0 radical (unpaired) electrons. The normalized spacial score (nSPS) is 10.9. The molecule has 0 aliphatic carbocycles. The summed E-state index contributed by atoms with van der Waals surface area (Å²) < 4.78 is 4.42. The van der Waals surface area contributed by atoms with E-state index in [1.807, 2.05) is 104 Å². The minimum absolute atomic E-state index is 0.411. The van der Waals surface area contributed by atoms with Gasteiger partial charge in [-0.25, -0.2) is 4.85 Å². The Labute approximate surface area is 432 Å². The van der Waals surface area contributed by atoms with Gasteiger partial charge in [0.05, 0.1) is 98.2 Å². The molecule has 0 fully saturated rings. The molecule has 75 heavy (non-hydrogen) atoms. The van der Waals surface area contributed by atoms with Crippen molar-refractivity contribution in [1.29, 1.82) is 26.3 Å². The highest BCUT2D eigenvalue weighted by Gasteiger charge is 2.25. The Kier molecular flexibility index (Phi) is 10.9. The van der Waals surface area contributed by atoms with Crippen molar-refractivity contribution in [2.75, 3.05) is 0 Å². The second-order valence-electron chi connectivity index (χ2n) is 18.5. The molecule has 2 heterocycles. The molecule has 8 nitrogen and oxygen atoms in total. The molecule has 0 unspecified atom stereocenters. The van der Waals surface area contributed by atoms with E-state index in [1.54, 1.807) is 24.3 Å². The van der Waals surface area contributed by atoms with Gasteiger partial charge < -0.3 is 9.13 Å². The lowest BCUT2D eigenvalue weighted by Crippen LogP contribution is -2.05. The number of rotatable bonds is 7. The van der Waals surface area contributed by atoms with E-state index in [2.05, 4.69) is 123 Å². The zero-order valence-corrected chi connectivity index (χ0v) is 40.1. The summed E-state index contributed by atoms with van der Waals surface area (Å²) in [7, 11) is 0. The number of hydrogen-bond acceptors (Lipinski definition) is 5. The molecule has 12 rings (SSSR count). The first kappa shape index (κ1) is 44.9. The highest BCUT2D eigenvalue weighted by Crippen LogP contribution is 2.46. The van der Waals surface area contributed by atoms with Crippen molar-refractivity contribution in [3.8, 4) is 97.4 Å². The molecule has 10 aromatic carbocycles. The van der Waals surface area contributed by atoms with Gasteiger partial charge in [0, 0.05) is 27.1 Å². The molecule has 12 aromatic rings. The van der Waals surface area contributed by atoms with Crippen molar-refractivity contribution in [2.24, 2.45) is 0 Å². The van der Waals surface area contributed by atoms with Crippen LogP contribution >= 0.6 is 0 Å². The van der Waals surface area contributed by atoms with E-state index in [9.17, 15) is 26.3 Å². The van der Waals surface area contributed by atoms with Crippen LogP contribution in [-0.4, -0.2) is 9.13 Å². The third kappa shape index (κ3) is 7.76. The van der Waals surface area contributed by atoms with E-state index in [0.29, 0.717) is 44.9 Å². The molecule has 0 bridgehead atoms. The van der Waals surface area contributed by atoms with Crippen LogP contribution in [0.1, 0.15) is 33.4 Å². The summed E-state index contributed by atoms with van der Waals surface area (Å²) in [6.45, 7) is 9.73. The fourth-order valence-corrected chi connectivity index (χ4v) is 10.7. The first-order valence-corrected chi connectivity index (χ1v) is 24.0. The number of nitriles is 5. The second kappa shape index (κ2) is 18.2. The van der Waals surface area contributed by atoms with E-state index in [0.717, 1.165) is 105 Å². The van der Waals surface area contributed by atoms with Crippen LogP contribution in [0.2, 0.25) is 0 Å². The van der Waals surface area contributed by atoms with E-state index in [1.165, 1.54) is 0 Å². The SMILES string of the molecule is [C-]#[N+]c1cccc(-c2ccc3c(c2)c2cc(-c4cccc(C#N)c4)ccc2n3-c2cc(C#N)cc(-n3c4ccc(-c5cccc(C#N)c5)cc4c4cc(-c5cccc(C#N)c5)ccc43)c2-c2cc(C)cc(C#N)c2)c1. The molecular weight excluding hydrogens is 917 g/mol. The predicted molar refractivity (Wildman–Crippen MR) is 297 cm³/mol. The van der Waals surface area contributed by atoms with Crippen molar-refractivity contribution in [1.82, 2.24) is 9.13 Å². The molecule has 8 heteroatoms. The minimum atomic E-state index is 0.411. The Morgan fingerprint density at radius 2 is 0.667 bits per heavy atom. The monoisotopic (exact) mass is 952 g/mol. The van der Waals surface area contributed by atoms with Gasteiger partial charge in [0.15, 0.2) is 5.69 Å². The van der Waals surface area contributed by atoms with Crippen LogP contribution in [-0.2, 0) is 0 Å². The third-order valence-electron chi connectivity index (χ3n) is 14.0. The number of aryl methyl sites for hydroxylation is 1. The summed E-state index contributed by atoms with van der Waals surface area (Å²) in [5, 5.41) is 55.0. The predicted octanol–water partition coefficient (Wildman–Crippen LogP) is 16.4. The van der Waals surface area contributed by atoms with Gasteiger partial charge in [-0.1, -0.05) is 84.9 Å². The number of fused-ring (bicyclic) bond motifs is 6. The average molecular weight is 953 g/mol. The lowest BCUT2D eigenvalue weighted by atomic mass is 9.95. The highest BCUT2D eigenvalue weighted by atomic mass is 15.0. The molecule has 0 aliphatic heterocycles. The maximum atomic E-state index is 11.1. The highest BCUT2D eigenvalue weighted by molar-refractivity contribution is 6.14. The van der Waals surface area contributed by atoms with Gasteiger partial charge in [-0.2, -0.15) is 26.3 Å². The van der Waals surface area contributed by atoms with Gasteiger partial charge in [-0.15, -0.1) is 0 Å². The van der Waals surface area contributed by atoms with Crippen LogP contribution < -0.4 is 0 Å². The van der Waals surface area contributed by atoms with Crippen molar-refractivity contribution in [2.45, 2.75) is 6.92 Å². The summed E-state index contributed by atoms with van der Waals surface area (Å²) in [6, 6.07) is 77.0. The smallest absolute Gasteiger partial charge is 0.187 e. The van der Waals surface area contributed by atoms with Crippen LogP contribution in [0, 0.1) is 70.2 Å². The maximum Gasteiger partial charge on any atom is 0.187 e. The van der Waals surface area contributed by atoms with Crippen LogP contribution in [0.15, 0.2) is 200 Å². The van der Waals surface area contributed by atoms with Crippen LogP contribution in [0.5, 0.6) is 0 Å². The second-order valence-corrected chi connectivity index (χ2v) is 18.5. The fourth-order valence-electron chi connectivity index (χ4n) is 10.7. The lowest BCUT2D eigenvalue weighted by Gasteiger charge is -2.21. The number of aromatic nitrogens is 2. The van der Waals surface area contributed by atoms with Crippen molar-refractivity contribution >= 4 is 49.3 Å². The summed E-state index contributed by atoms with van der Waals surface area (Å²) in [6.07, 6.45) is 0. The standard InChI is InChI=1S/C67H36N8/c1-41-23-45(39-71)28-55(24-41)67-65(74-61-19-15-51(47-10-3-7-42(25-47)36-68)32-57(61)58-33-52(16-20-62(58)74)48-11-4-8-43(26-48)37-69)29-46(40-72)30-66(67)75-63-21-17-53(49-12-5-9-44(27-49)38-70)34-59(63)60-35-54(18-22-64(60)75)50-13-6-14-56(31-50)73-2/h3-35H,1H3. The quantitative estimate of drug-likeness (QED) is 0.147. The van der Waals surface area contributed by atoms with Crippen LogP contribution in [0.4, 0.5) is 5.69 Å². The topological polar surface area (TPSA) is 133 Å². The first-order valence-electron chi connectivity index (χ1n) is 24.0. The molecule has 0 saturated heterocycles. The van der Waals surface area contributed by atoms with Gasteiger partial charge >= 0.3 is 0 Å². The van der Waals surface area contributed by atoms with E-state index >= 15 is 0 Å². The van der Waals surface area contributed by atoms with E-state index in [4.69, 9.17) is 6.57 Å². The Morgan fingerprint density at radius 3 is 1.04 bits per heavy atom. The van der Waals surface area contributed by atoms with Crippen LogP contribution in [0.3, 0.4) is 0 Å². The largest absolute Gasteiger partial charge is 0.308 e. The molecule has 0 aliphatic rings. The summed E-state index contributed by atoms with van der Waals surface area (Å²) in [4.78, 5) is 3.71. The first-order chi connectivity index (χ1) is 36.7. The van der Waals surface area contributed by atoms with Gasteiger partial charge in [0.1, 0.15) is 0 Å². The molecule has 0 atom stereocenters. The third-order valence-corrected chi connectivity index (χ3v) is 14.0. The molecule has 344 valence electrons. The molecule has 0 N–H and O–H groups in total. The summed E-state index contributed by atoms with van der Waals surface area (Å²) >= 11 is 0.